The van der Waals surface area contributed by atoms with E-state index in [0.717, 1.165) is 39.8 Å². The van der Waals surface area contributed by atoms with Crippen LogP contribution in [0.4, 0.5) is 11.4 Å². The summed E-state index contributed by atoms with van der Waals surface area (Å²) >= 11 is 3.55. The van der Waals surface area contributed by atoms with E-state index in [0.29, 0.717) is 6.04 Å². The zero-order valence-corrected chi connectivity index (χ0v) is 14.1. The second-order valence-corrected chi connectivity index (χ2v) is 6.84. The zero-order chi connectivity index (χ0) is 15.0. The molecule has 0 spiro atoms. The lowest BCUT2D eigenvalue weighted by Crippen LogP contribution is -2.45. The molecule has 2 aromatic rings. The largest absolute Gasteiger partial charge is 0.396 e. The van der Waals surface area contributed by atoms with Gasteiger partial charge in [-0.3, -0.25) is 4.98 Å². The van der Waals surface area contributed by atoms with Crippen molar-refractivity contribution in [1.82, 2.24) is 9.88 Å². The number of nitrogen functional groups attached to an aromatic ring is 1. The molecule has 21 heavy (non-hydrogen) atoms. The highest BCUT2D eigenvalue weighted by atomic mass is 79.9. The van der Waals surface area contributed by atoms with Crippen molar-refractivity contribution in [3.63, 3.8) is 0 Å². The molecule has 1 aliphatic rings. The Morgan fingerprint density at radius 2 is 2.19 bits per heavy atom. The Hall–Kier alpha value is -1.33. The molecule has 1 aromatic carbocycles. The van der Waals surface area contributed by atoms with E-state index in [1.54, 1.807) is 6.20 Å². The van der Waals surface area contributed by atoms with Gasteiger partial charge in [-0.1, -0.05) is 15.9 Å². The van der Waals surface area contributed by atoms with Crippen LogP contribution in [0.15, 0.2) is 28.9 Å². The third kappa shape index (κ3) is 2.85. The average Bonchev–Trinajstić information content (AvgIpc) is 2.47. The van der Waals surface area contributed by atoms with Gasteiger partial charge in [0.05, 0.1) is 23.1 Å². The number of piperidine rings is 1. The van der Waals surface area contributed by atoms with Crippen molar-refractivity contribution < 1.29 is 0 Å². The van der Waals surface area contributed by atoms with Gasteiger partial charge < -0.3 is 15.5 Å². The van der Waals surface area contributed by atoms with Gasteiger partial charge in [-0.25, -0.2) is 0 Å². The molecule has 5 heteroatoms. The minimum Gasteiger partial charge on any atom is -0.396 e. The highest BCUT2D eigenvalue weighted by Gasteiger charge is 2.24. The van der Waals surface area contributed by atoms with E-state index in [1.165, 1.54) is 12.8 Å². The van der Waals surface area contributed by atoms with Crippen LogP contribution in [0.5, 0.6) is 0 Å². The minimum absolute atomic E-state index is 0.577. The molecule has 0 saturated carbocycles. The predicted octanol–water partition coefficient (Wildman–Crippen LogP) is 3.11. The predicted molar refractivity (Wildman–Crippen MR) is 92.8 cm³/mol. The molecular weight excluding hydrogens is 328 g/mol. The van der Waals surface area contributed by atoms with Gasteiger partial charge in [-0.05, 0) is 45.1 Å². The quantitative estimate of drug-likeness (QED) is 0.905. The van der Waals surface area contributed by atoms with Gasteiger partial charge in [0.15, 0.2) is 0 Å². The lowest BCUT2D eigenvalue weighted by Gasteiger charge is -2.38. The normalized spacial score (nSPS) is 19.4. The van der Waals surface area contributed by atoms with Crippen molar-refractivity contribution in [1.29, 1.82) is 0 Å². The van der Waals surface area contributed by atoms with Crippen LogP contribution < -0.4 is 10.6 Å². The van der Waals surface area contributed by atoms with Gasteiger partial charge in [0.25, 0.3) is 0 Å². The SMILES string of the molecule is CN(C)C1CCCN(c2c(N)cnc3ccc(Br)cc23)C1. The summed E-state index contributed by atoms with van der Waals surface area (Å²) in [6.07, 6.45) is 4.22. The smallest absolute Gasteiger partial charge is 0.0745 e. The number of fused-ring (bicyclic) bond motifs is 1. The van der Waals surface area contributed by atoms with E-state index >= 15 is 0 Å². The number of aromatic nitrogens is 1. The fourth-order valence-corrected chi connectivity index (χ4v) is 3.46. The molecule has 1 atom stereocenters. The maximum atomic E-state index is 6.26. The van der Waals surface area contributed by atoms with Crippen LogP contribution >= 0.6 is 15.9 Å². The standard InChI is InChI=1S/C16H21BrN4/c1-20(2)12-4-3-7-21(10-12)16-13-8-11(17)5-6-15(13)19-9-14(16)18/h5-6,8-9,12H,3-4,7,10,18H2,1-2H3. The van der Waals surface area contributed by atoms with Crippen LogP contribution in [-0.4, -0.2) is 43.1 Å². The number of halogens is 1. The zero-order valence-electron chi connectivity index (χ0n) is 12.5. The number of anilines is 2. The highest BCUT2D eigenvalue weighted by Crippen LogP contribution is 2.35. The van der Waals surface area contributed by atoms with Crippen molar-refractivity contribution in [2.24, 2.45) is 0 Å². The van der Waals surface area contributed by atoms with Crippen LogP contribution in [-0.2, 0) is 0 Å². The first-order valence-electron chi connectivity index (χ1n) is 7.31. The highest BCUT2D eigenvalue weighted by molar-refractivity contribution is 9.10. The maximum absolute atomic E-state index is 6.26. The van der Waals surface area contributed by atoms with Crippen LogP contribution in [0.2, 0.25) is 0 Å². The molecule has 2 N–H and O–H groups in total. The molecule has 0 aliphatic carbocycles. The summed E-state index contributed by atoms with van der Waals surface area (Å²) in [6.45, 7) is 2.07. The number of nitrogens with zero attached hydrogens (tertiary/aromatic N) is 3. The number of nitrogens with two attached hydrogens (primary N) is 1. The first-order valence-corrected chi connectivity index (χ1v) is 8.10. The molecule has 112 valence electrons. The second kappa shape index (κ2) is 5.81. The summed E-state index contributed by atoms with van der Waals surface area (Å²) in [5.74, 6) is 0. The van der Waals surface area contributed by atoms with Crippen molar-refractivity contribution >= 4 is 38.2 Å². The summed E-state index contributed by atoms with van der Waals surface area (Å²) in [5, 5.41) is 1.13. The minimum atomic E-state index is 0.577. The molecule has 1 aliphatic heterocycles. The van der Waals surface area contributed by atoms with Gasteiger partial charge in [0, 0.05) is 29.0 Å². The fourth-order valence-electron chi connectivity index (χ4n) is 3.10. The molecule has 3 rings (SSSR count). The van der Waals surface area contributed by atoms with Gasteiger partial charge >= 0.3 is 0 Å². The van der Waals surface area contributed by atoms with Gasteiger partial charge in [-0.15, -0.1) is 0 Å². The first kappa shape index (κ1) is 14.6. The molecule has 1 aromatic heterocycles. The number of pyridine rings is 1. The number of benzene rings is 1. The Labute approximate surface area is 134 Å². The van der Waals surface area contributed by atoms with E-state index < -0.39 is 0 Å². The van der Waals surface area contributed by atoms with Crippen LogP contribution in [0, 0.1) is 0 Å². The first-order chi connectivity index (χ1) is 10.1. The molecule has 0 bridgehead atoms. The monoisotopic (exact) mass is 348 g/mol. The van der Waals surface area contributed by atoms with Crippen molar-refractivity contribution in [3.8, 4) is 0 Å². The summed E-state index contributed by atoms with van der Waals surface area (Å²) in [6, 6.07) is 6.76. The summed E-state index contributed by atoms with van der Waals surface area (Å²) in [7, 11) is 4.30. The molecule has 4 nitrogen and oxygen atoms in total. The number of likely N-dealkylation sites (N-methyl/N-ethyl adjacent to an activating group) is 1. The summed E-state index contributed by atoms with van der Waals surface area (Å²) in [5.41, 5.74) is 9.15. The molecular formula is C16H21BrN4. The molecule has 2 heterocycles. The molecule has 0 radical (unpaired) electrons. The topological polar surface area (TPSA) is 45.4 Å². The fraction of sp³-hybridized carbons (Fsp3) is 0.438. The van der Waals surface area contributed by atoms with Crippen molar-refractivity contribution in [2.45, 2.75) is 18.9 Å². The molecule has 1 fully saturated rings. The van der Waals surface area contributed by atoms with Gasteiger partial charge in [0.2, 0.25) is 0 Å². The van der Waals surface area contributed by atoms with Crippen molar-refractivity contribution in [2.75, 3.05) is 37.8 Å². The van der Waals surface area contributed by atoms with E-state index in [-0.39, 0.29) is 0 Å². The van der Waals surface area contributed by atoms with E-state index in [1.807, 2.05) is 12.1 Å². The Kier molecular flexibility index (Phi) is 4.04. The van der Waals surface area contributed by atoms with Crippen LogP contribution in [0.3, 0.4) is 0 Å². The Morgan fingerprint density at radius 3 is 2.95 bits per heavy atom. The van der Waals surface area contributed by atoms with Crippen molar-refractivity contribution in [3.05, 3.63) is 28.9 Å². The lowest BCUT2D eigenvalue weighted by atomic mass is 10.0. The lowest BCUT2D eigenvalue weighted by molar-refractivity contribution is 0.258. The molecule has 0 amide bonds. The second-order valence-electron chi connectivity index (χ2n) is 5.93. The summed E-state index contributed by atoms with van der Waals surface area (Å²) < 4.78 is 1.06. The maximum Gasteiger partial charge on any atom is 0.0745 e. The number of hydrogen-bond donors (Lipinski definition) is 1. The third-order valence-electron chi connectivity index (χ3n) is 4.27. The van der Waals surface area contributed by atoms with Gasteiger partial charge in [-0.2, -0.15) is 0 Å². The summed E-state index contributed by atoms with van der Waals surface area (Å²) in [4.78, 5) is 9.17. The van der Waals surface area contributed by atoms with Gasteiger partial charge in [0.1, 0.15) is 0 Å². The number of hydrogen-bond acceptors (Lipinski definition) is 4. The Balaban J connectivity index is 2.06. The van der Waals surface area contributed by atoms with E-state index in [2.05, 4.69) is 50.9 Å². The molecule has 1 saturated heterocycles. The van der Waals surface area contributed by atoms with E-state index in [4.69, 9.17) is 5.73 Å². The Morgan fingerprint density at radius 1 is 1.38 bits per heavy atom. The molecule has 1 unspecified atom stereocenters. The van der Waals surface area contributed by atoms with Crippen LogP contribution in [0.1, 0.15) is 12.8 Å². The number of rotatable bonds is 2. The average molecular weight is 349 g/mol. The Bertz CT molecular complexity index is 651. The van der Waals surface area contributed by atoms with E-state index in [9.17, 15) is 0 Å². The van der Waals surface area contributed by atoms with Crippen LogP contribution in [0.25, 0.3) is 10.9 Å². The third-order valence-corrected chi connectivity index (χ3v) is 4.77.